The predicted molar refractivity (Wildman–Crippen MR) is 500 cm³/mol. The number of esters is 3. The molecule has 680 valence electrons. The lowest BCUT2D eigenvalue weighted by molar-refractivity contribution is -0.161. The standard InChI is InChI=1S/C101H170O16P2/c1-4-7-10-13-16-19-22-25-28-31-34-37-39-41-43-45-46-47-48-50-52-53-55-58-60-63-66-69-72-75-78-81-84-87-99(104)111-90-96(102)91-113-118(107,108)114-92-97(103)93-115-119(109,110)116-95-98(117-101(106)89-86-83-80-77-74-71-68-65-62-57-36-33-30-27-24-21-18-15-12-9-6-3)94-112-100(105)88-85-82-79-76-73-70-67-64-61-59-56-54-51-49-44-42-40-38-35-32-29-26-23-20-17-14-11-8-5-2/h7-8,10-11,16-21,25-30,34-38,41-44,46-47,57,65,68,96-98,102-103H,4-6,9,12-15,22-24,31-33,39-40,45,48-56,58-64,66-67,69-95H2,1-3H3,(H,107,108)(H,109,110)/b10-7-,11-8-,19-16-,20-17-,21-18-,28-25-,29-26-,30-27-,37-34-,38-35-,43-41-,44-42-,47-46-,57-36-,68-65-. The Morgan fingerprint density at radius 1 is 0.244 bits per heavy atom. The van der Waals surface area contributed by atoms with Crippen molar-refractivity contribution in [1.82, 2.24) is 0 Å². The number of rotatable bonds is 88. The molecule has 0 aliphatic rings. The molecule has 0 aromatic heterocycles. The summed E-state index contributed by atoms with van der Waals surface area (Å²) in [5.41, 5.74) is 0. The van der Waals surface area contributed by atoms with Gasteiger partial charge in [-0.2, -0.15) is 0 Å². The van der Waals surface area contributed by atoms with E-state index in [4.69, 9.17) is 32.3 Å². The summed E-state index contributed by atoms with van der Waals surface area (Å²) in [7, 11) is -9.82. The smallest absolute Gasteiger partial charge is 0.463 e. The Morgan fingerprint density at radius 2 is 0.445 bits per heavy atom. The Balaban J connectivity index is 4.59. The number of carbonyl (C=O) groups excluding carboxylic acids is 3. The number of hydrogen-bond donors (Lipinski definition) is 4. The molecule has 0 saturated carbocycles. The second-order valence-corrected chi connectivity index (χ2v) is 34.0. The first-order chi connectivity index (χ1) is 58.2. The quantitative estimate of drug-likeness (QED) is 0.0146. The molecule has 16 nitrogen and oxygen atoms in total. The van der Waals surface area contributed by atoms with Gasteiger partial charge in [-0.05, 0) is 161 Å². The van der Waals surface area contributed by atoms with Crippen molar-refractivity contribution >= 4 is 33.6 Å². The molecule has 0 aliphatic carbocycles. The number of ether oxygens (including phenoxy) is 3. The third-order valence-electron chi connectivity index (χ3n) is 19.6. The summed E-state index contributed by atoms with van der Waals surface area (Å²) in [4.78, 5) is 59.0. The van der Waals surface area contributed by atoms with Crippen molar-refractivity contribution in [3.05, 3.63) is 182 Å². The fraction of sp³-hybridized carbons (Fsp3) is 0.673. The Bertz CT molecular complexity index is 2890. The lowest BCUT2D eigenvalue weighted by Gasteiger charge is -2.21. The SMILES string of the molecule is CC/C=C\C/C=C\C/C=C\C/C=C\C/C=C\C/C=C\CCCCCCCCCCCCCCCCC(=O)OCC(O)COP(=O)(O)OCC(O)COP(=O)(O)OCC(COC(=O)CCCCCCCCCCCCCCC/C=C\C/C=C\C/C=C\C/C=C\C/C=C\CC)OC(=O)CCCCCCC/C=C\C/C=C\C/C=C\C/C=C\CCCCC. The lowest BCUT2D eigenvalue weighted by atomic mass is 10.0. The van der Waals surface area contributed by atoms with Gasteiger partial charge in [0, 0.05) is 19.3 Å². The number of phosphoric acid groups is 2. The van der Waals surface area contributed by atoms with Crippen molar-refractivity contribution in [2.45, 2.75) is 399 Å². The Morgan fingerprint density at radius 3 is 0.706 bits per heavy atom. The first-order valence-electron chi connectivity index (χ1n) is 47.1. The largest absolute Gasteiger partial charge is 0.472 e. The topological polar surface area (TPSA) is 231 Å². The van der Waals surface area contributed by atoms with Gasteiger partial charge in [0.05, 0.1) is 26.4 Å². The van der Waals surface area contributed by atoms with E-state index in [1.54, 1.807) is 0 Å². The van der Waals surface area contributed by atoms with Crippen molar-refractivity contribution in [2.24, 2.45) is 0 Å². The van der Waals surface area contributed by atoms with E-state index in [0.717, 1.165) is 186 Å². The maximum Gasteiger partial charge on any atom is 0.472 e. The van der Waals surface area contributed by atoms with Gasteiger partial charge >= 0.3 is 33.6 Å². The highest BCUT2D eigenvalue weighted by Crippen LogP contribution is 2.45. The maximum absolute atomic E-state index is 13.1. The van der Waals surface area contributed by atoms with E-state index >= 15 is 0 Å². The van der Waals surface area contributed by atoms with Crippen LogP contribution in [-0.4, -0.2) is 95.9 Å². The lowest BCUT2D eigenvalue weighted by Crippen LogP contribution is -2.30. The summed E-state index contributed by atoms with van der Waals surface area (Å²) in [6.07, 6.45) is 121. The number of allylic oxidation sites excluding steroid dienone is 30. The van der Waals surface area contributed by atoms with Crippen LogP contribution in [0, 0.1) is 0 Å². The molecule has 0 aromatic carbocycles. The molecule has 0 fully saturated rings. The van der Waals surface area contributed by atoms with Crippen LogP contribution in [0.3, 0.4) is 0 Å². The van der Waals surface area contributed by atoms with Crippen LogP contribution in [0.15, 0.2) is 182 Å². The van der Waals surface area contributed by atoms with Gasteiger partial charge in [-0.3, -0.25) is 32.5 Å². The second kappa shape index (κ2) is 91.8. The number of unbranched alkanes of at least 4 members (excludes halogenated alkanes) is 35. The average molecular weight is 1700 g/mol. The van der Waals surface area contributed by atoms with Crippen molar-refractivity contribution in [3.8, 4) is 0 Å². The van der Waals surface area contributed by atoms with Gasteiger partial charge in [0.25, 0.3) is 0 Å². The minimum absolute atomic E-state index is 0.0793. The Kier molecular flexibility index (Phi) is 87.7. The zero-order chi connectivity index (χ0) is 86.5. The van der Waals surface area contributed by atoms with E-state index in [1.165, 1.54) is 135 Å². The molecule has 0 rings (SSSR count). The Labute approximate surface area is 725 Å². The summed E-state index contributed by atoms with van der Waals surface area (Å²) in [5.74, 6) is -1.59. The predicted octanol–water partition coefficient (Wildman–Crippen LogP) is 29.2. The third-order valence-corrected chi connectivity index (χ3v) is 21.5. The summed E-state index contributed by atoms with van der Waals surface area (Å²) in [6.45, 7) is 2.44. The van der Waals surface area contributed by atoms with Crippen molar-refractivity contribution in [3.63, 3.8) is 0 Å². The van der Waals surface area contributed by atoms with E-state index < -0.39 is 91.5 Å². The fourth-order valence-corrected chi connectivity index (χ4v) is 14.1. The number of carbonyl (C=O) groups is 3. The molecule has 0 amide bonds. The fourth-order valence-electron chi connectivity index (χ4n) is 12.5. The molecule has 0 radical (unpaired) electrons. The summed E-state index contributed by atoms with van der Waals surface area (Å²) < 4.78 is 61.5. The third kappa shape index (κ3) is 93.2. The van der Waals surface area contributed by atoms with Gasteiger partial charge in [-0.15, -0.1) is 0 Å². The molecule has 0 aromatic rings. The molecule has 0 aliphatic heterocycles. The normalized spacial score (nSPS) is 14.6. The van der Waals surface area contributed by atoms with Crippen LogP contribution in [0.2, 0.25) is 0 Å². The molecule has 0 spiro atoms. The van der Waals surface area contributed by atoms with Crippen molar-refractivity contribution < 1.29 is 75.8 Å². The number of aliphatic hydroxyl groups is 2. The van der Waals surface area contributed by atoms with Crippen LogP contribution >= 0.6 is 15.6 Å². The van der Waals surface area contributed by atoms with Crippen LogP contribution < -0.4 is 0 Å². The van der Waals surface area contributed by atoms with E-state index in [0.29, 0.717) is 19.3 Å². The van der Waals surface area contributed by atoms with Gasteiger partial charge in [0.1, 0.15) is 25.4 Å². The van der Waals surface area contributed by atoms with Gasteiger partial charge < -0.3 is 34.2 Å². The van der Waals surface area contributed by atoms with Crippen LogP contribution in [0.1, 0.15) is 380 Å². The molecule has 18 heteroatoms. The zero-order valence-corrected chi connectivity index (χ0v) is 76.8. The number of hydrogen-bond acceptors (Lipinski definition) is 14. The van der Waals surface area contributed by atoms with Gasteiger partial charge in [0.2, 0.25) is 0 Å². The van der Waals surface area contributed by atoms with Crippen LogP contribution in [0.4, 0.5) is 0 Å². The summed E-state index contributed by atoms with van der Waals surface area (Å²) in [6, 6.07) is 0. The highest BCUT2D eigenvalue weighted by atomic mass is 31.2. The molecule has 5 atom stereocenters. The Hall–Kier alpha value is -5.35. The molecule has 119 heavy (non-hydrogen) atoms. The van der Waals surface area contributed by atoms with Crippen molar-refractivity contribution in [1.29, 1.82) is 0 Å². The number of phosphoric ester groups is 2. The molecule has 0 heterocycles. The highest BCUT2D eigenvalue weighted by molar-refractivity contribution is 7.47. The van der Waals surface area contributed by atoms with E-state index in [1.807, 2.05) is 0 Å². The van der Waals surface area contributed by atoms with E-state index in [-0.39, 0.29) is 19.3 Å². The minimum atomic E-state index is -4.95. The highest BCUT2D eigenvalue weighted by Gasteiger charge is 2.29. The zero-order valence-electron chi connectivity index (χ0n) is 75.0. The number of aliphatic hydroxyl groups excluding tert-OH is 2. The first-order valence-corrected chi connectivity index (χ1v) is 50.1. The average Bonchev–Trinajstić information content (AvgIpc) is 0.902. The van der Waals surface area contributed by atoms with Crippen molar-refractivity contribution in [2.75, 3.05) is 39.6 Å². The summed E-state index contributed by atoms with van der Waals surface area (Å²) in [5, 5.41) is 20.7. The minimum Gasteiger partial charge on any atom is -0.463 e. The van der Waals surface area contributed by atoms with Crippen LogP contribution in [0.25, 0.3) is 0 Å². The molecular weight excluding hydrogens is 1530 g/mol. The second-order valence-electron chi connectivity index (χ2n) is 31.0. The molecular formula is C101H170O16P2. The summed E-state index contributed by atoms with van der Waals surface area (Å²) >= 11 is 0. The molecule has 4 N–H and O–H groups in total. The van der Waals surface area contributed by atoms with Crippen LogP contribution in [-0.2, 0) is 55.8 Å². The molecule has 0 saturated heterocycles. The van der Waals surface area contributed by atoms with Gasteiger partial charge in [0.15, 0.2) is 6.10 Å². The van der Waals surface area contributed by atoms with E-state index in [2.05, 4.69) is 203 Å². The van der Waals surface area contributed by atoms with Gasteiger partial charge in [-0.1, -0.05) is 383 Å². The molecule has 0 bridgehead atoms. The van der Waals surface area contributed by atoms with E-state index in [9.17, 15) is 43.5 Å². The molecule has 5 unspecified atom stereocenters. The van der Waals surface area contributed by atoms with Gasteiger partial charge in [-0.25, -0.2) is 9.13 Å². The maximum atomic E-state index is 13.1. The monoisotopic (exact) mass is 1700 g/mol. The first kappa shape index (κ1) is 114. The van der Waals surface area contributed by atoms with Crippen LogP contribution in [0.5, 0.6) is 0 Å².